The molecule has 0 saturated heterocycles. The number of aliphatic hydroxyl groups is 2. The molecule has 1 aromatic rings. The fourth-order valence-corrected chi connectivity index (χ4v) is 8.88. The van der Waals surface area contributed by atoms with E-state index in [1.165, 1.54) is 44.9 Å². The van der Waals surface area contributed by atoms with Crippen molar-refractivity contribution in [3.63, 3.8) is 0 Å². The first-order chi connectivity index (χ1) is 15.8. The second-order valence-electron chi connectivity index (χ2n) is 12.5. The fraction of sp³-hybridized carbons (Fsp3) is 0.767. The van der Waals surface area contributed by atoms with E-state index >= 15 is 0 Å². The predicted molar refractivity (Wildman–Crippen MR) is 133 cm³/mol. The van der Waals surface area contributed by atoms with E-state index in [0.717, 1.165) is 61.5 Å². The summed E-state index contributed by atoms with van der Waals surface area (Å²) in [7, 11) is 0. The Bertz CT molecular complexity index is 867. The van der Waals surface area contributed by atoms with Crippen molar-refractivity contribution in [1.82, 2.24) is 4.98 Å². The van der Waals surface area contributed by atoms with Gasteiger partial charge >= 0.3 is 0 Å². The number of rotatable bonds is 6. The van der Waals surface area contributed by atoms with E-state index in [4.69, 9.17) is 0 Å². The minimum Gasteiger partial charge on any atom is -0.390 e. The van der Waals surface area contributed by atoms with Gasteiger partial charge in [0.1, 0.15) is 0 Å². The largest absolute Gasteiger partial charge is 0.390 e. The molecule has 0 aromatic carbocycles. The van der Waals surface area contributed by atoms with E-state index in [1.54, 1.807) is 11.8 Å². The normalized spacial score (nSPS) is 43.2. The third-order valence-electron chi connectivity index (χ3n) is 11.2. The van der Waals surface area contributed by atoms with Gasteiger partial charge in [-0.15, -0.1) is 0 Å². The Morgan fingerprint density at radius 1 is 1.09 bits per heavy atom. The van der Waals surface area contributed by atoms with Crippen molar-refractivity contribution in [1.29, 1.82) is 0 Å². The molecule has 8 atom stereocenters. The van der Waals surface area contributed by atoms with Crippen molar-refractivity contribution in [3.8, 4) is 0 Å². The van der Waals surface area contributed by atoms with Gasteiger partial charge in [0.2, 0.25) is 0 Å². The summed E-state index contributed by atoms with van der Waals surface area (Å²) < 4.78 is 0. The van der Waals surface area contributed by atoms with Crippen LogP contribution in [-0.2, 0) is 0 Å². The Hall–Kier alpha value is -1.19. The highest BCUT2D eigenvalue weighted by molar-refractivity contribution is 5.27. The maximum atomic E-state index is 11.0. The molecule has 0 radical (unpaired) electrons. The summed E-state index contributed by atoms with van der Waals surface area (Å²) in [5, 5.41) is 21.5. The zero-order valence-electron chi connectivity index (χ0n) is 21.1. The molecule has 1 aromatic heterocycles. The maximum Gasteiger partial charge on any atom is 0.0959 e. The Morgan fingerprint density at radius 2 is 1.94 bits per heavy atom. The van der Waals surface area contributed by atoms with Crippen LogP contribution in [-0.4, -0.2) is 20.8 Å². The van der Waals surface area contributed by atoms with Crippen LogP contribution in [0.4, 0.5) is 0 Å². The van der Waals surface area contributed by atoms with Crippen LogP contribution < -0.4 is 0 Å². The number of hydrogen-bond donors (Lipinski definition) is 2. The molecule has 33 heavy (non-hydrogen) atoms. The van der Waals surface area contributed by atoms with E-state index < -0.39 is 11.7 Å². The summed E-state index contributed by atoms with van der Waals surface area (Å²) in [5.74, 6) is 3.29. The zero-order chi connectivity index (χ0) is 23.3. The van der Waals surface area contributed by atoms with Crippen LogP contribution in [0.15, 0.2) is 36.0 Å². The summed E-state index contributed by atoms with van der Waals surface area (Å²) in [6, 6.07) is 5.82. The Morgan fingerprint density at radius 3 is 2.70 bits per heavy atom. The number of hydrogen-bond acceptors (Lipinski definition) is 3. The molecule has 3 fully saturated rings. The molecule has 3 nitrogen and oxygen atoms in total. The minimum absolute atomic E-state index is 0.316. The lowest BCUT2D eigenvalue weighted by atomic mass is 9.46. The van der Waals surface area contributed by atoms with Crippen molar-refractivity contribution in [2.24, 2.45) is 34.5 Å². The molecule has 2 N–H and O–H groups in total. The van der Waals surface area contributed by atoms with Crippen LogP contribution in [0, 0.1) is 34.5 Å². The number of aromatic nitrogens is 1. The summed E-state index contributed by atoms with van der Waals surface area (Å²) in [6.45, 7) is 7.30. The molecule has 0 bridgehead atoms. The first-order valence-electron chi connectivity index (χ1n) is 13.8. The van der Waals surface area contributed by atoms with Crippen LogP contribution in [0.3, 0.4) is 0 Å². The van der Waals surface area contributed by atoms with Crippen LogP contribution in [0.5, 0.6) is 0 Å². The molecule has 0 amide bonds. The highest BCUT2D eigenvalue weighted by Gasteiger charge is 2.59. The molecule has 0 aliphatic heterocycles. The molecule has 3 saturated carbocycles. The quantitative estimate of drug-likeness (QED) is 0.458. The molecule has 6 unspecified atom stereocenters. The molecular weight excluding hydrogens is 406 g/mol. The van der Waals surface area contributed by atoms with Crippen molar-refractivity contribution in [2.45, 2.75) is 110 Å². The molecule has 5 rings (SSSR count). The fourth-order valence-electron chi connectivity index (χ4n) is 8.88. The first kappa shape index (κ1) is 23.5. The molecule has 4 aliphatic rings. The predicted octanol–water partition coefficient (Wildman–Crippen LogP) is 7.01. The number of pyridine rings is 1. The molecule has 4 aliphatic carbocycles. The number of aliphatic hydroxyl groups excluding tert-OH is 1. The third-order valence-corrected chi connectivity index (χ3v) is 11.2. The van der Waals surface area contributed by atoms with Gasteiger partial charge in [0, 0.05) is 6.20 Å². The van der Waals surface area contributed by atoms with Crippen molar-refractivity contribution >= 4 is 0 Å². The monoisotopic (exact) mass is 451 g/mol. The smallest absolute Gasteiger partial charge is 0.0959 e. The molecule has 182 valence electrons. The average molecular weight is 452 g/mol. The molecule has 1 heterocycles. The summed E-state index contributed by atoms with van der Waals surface area (Å²) in [4.78, 5) is 4.34. The van der Waals surface area contributed by atoms with Gasteiger partial charge in [0.25, 0.3) is 0 Å². The molecule has 3 heteroatoms. The lowest BCUT2D eigenvalue weighted by Gasteiger charge is -2.59. The van der Waals surface area contributed by atoms with E-state index in [1.807, 2.05) is 18.2 Å². The number of allylic oxidation sites excluding steroid dienone is 1. The first-order valence-corrected chi connectivity index (χ1v) is 13.8. The summed E-state index contributed by atoms with van der Waals surface area (Å²) >= 11 is 0. The maximum absolute atomic E-state index is 11.0. The standard InChI is InChI=1S/C30H45NO2/c1-4-30(33)18-17-29(3)22(20-30)11-13-23-24-14-12-21(28(24,2)16-15-25(23)29)8-7-10-27(32)26-9-5-6-19-31-26/h5-6,9,11,19,21,23-25,27,32-33H,4,7-8,10,12-18,20H2,1-3H3/t21-,23?,24?,25?,27?,28?,29?,30-/m0/s1. The van der Waals surface area contributed by atoms with Gasteiger partial charge < -0.3 is 10.2 Å². The topological polar surface area (TPSA) is 53.4 Å². The van der Waals surface area contributed by atoms with Gasteiger partial charge in [0.15, 0.2) is 0 Å². The van der Waals surface area contributed by atoms with Crippen LogP contribution in [0.2, 0.25) is 0 Å². The summed E-state index contributed by atoms with van der Waals surface area (Å²) in [5.41, 5.74) is 2.73. The van der Waals surface area contributed by atoms with E-state index in [2.05, 4.69) is 31.8 Å². The average Bonchev–Trinajstić information content (AvgIpc) is 3.16. The van der Waals surface area contributed by atoms with Crippen molar-refractivity contribution < 1.29 is 10.2 Å². The lowest BCUT2D eigenvalue weighted by molar-refractivity contribution is -0.0718. The van der Waals surface area contributed by atoms with E-state index in [-0.39, 0.29) is 0 Å². The van der Waals surface area contributed by atoms with Gasteiger partial charge in [0.05, 0.1) is 17.4 Å². The van der Waals surface area contributed by atoms with E-state index in [9.17, 15) is 10.2 Å². The number of fused-ring (bicyclic) bond motifs is 5. The lowest BCUT2D eigenvalue weighted by Crippen LogP contribution is -2.52. The second-order valence-corrected chi connectivity index (χ2v) is 12.5. The number of nitrogens with zero attached hydrogens (tertiary/aromatic N) is 1. The highest BCUT2D eigenvalue weighted by Crippen LogP contribution is 2.67. The van der Waals surface area contributed by atoms with Gasteiger partial charge in [-0.25, -0.2) is 0 Å². The SMILES string of the molecule is CC[C@]1(O)CCC2(C)C(=CCC3C2CCC2(C)C3CC[C@@H]2CCCC(O)c2ccccn2)C1. The highest BCUT2D eigenvalue weighted by atomic mass is 16.3. The Balaban J connectivity index is 1.25. The Labute approximate surface area is 201 Å². The van der Waals surface area contributed by atoms with E-state index in [0.29, 0.717) is 10.8 Å². The minimum atomic E-state index is -0.459. The van der Waals surface area contributed by atoms with Gasteiger partial charge in [-0.2, -0.15) is 0 Å². The summed E-state index contributed by atoms with van der Waals surface area (Å²) in [6.07, 6.45) is 17.7. The molecular formula is C30H45NO2. The molecule has 0 spiro atoms. The van der Waals surface area contributed by atoms with Gasteiger partial charge in [-0.1, -0.05) is 44.9 Å². The van der Waals surface area contributed by atoms with Crippen LogP contribution >= 0.6 is 0 Å². The van der Waals surface area contributed by atoms with Crippen molar-refractivity contribution in [3.05, 3.63) is 41.7 Å². The van der Waals surface area contributed by atoms with Gasteiger partial charge in [-0.3, -0.25) is 4.98 Å². The van der Waals surface area contributed by atoms with Crippen molar-refractivity contribution in [2.75, 3.05) is 0 Å². The van der Waals surface area contributed by atoms with Crippen LogP contribution in [0.25, 0.3) is 0 Å². The van der Waals surface area contributed by atoms with Crippen LogP contribution in [0.1, 0.15) is 110 Å². The van der Waals surface area contributed by atoms with Gasteiger partial charge in [-0.05, 0) is 117 Å². The second kappa shape index (κ2) is 8.79. The Kier molecular flexibility index (Phi) is 6.27. The third kappa shape index (κ3) is 4.01. The zero-order valence-corrected chi connectivity index (χ0v) is 21.1.